The Hall–Kier alpha value is -3.18. The third-order valence-corrected chi connectivity index (χ3v) is 3.72. The van der Waals surface area contributed by atoms with Gasteiger partial charge in [0, 0.05) is 16.3 Å². The number of fused-ring (bicyclic) bond motifs is 1. The lowest BCUT2D eigenvalue weighted by Crippen LogP contribution is -2.32. The molecule has 2 amide bonds. The van der Waals surface area contributed by atoms with E-state index >= 15 is 0 Å². The summed E-state index contributed by atoms with van der Waals surface area (Å²) in [6.45, 7) is 0. The van der Waals surface area contributed by atoms with Crippen LogP contribution in [0.3, 0.4) is 0 Å². The van der Waals surface area contributed by atoms with Crippen LogP contribution in [0.5, 0.6) is 0 Å². The Balaban J connectivity index is 1.65. The average Bonchev–Trinajstić information content (AvgIpc) is 2.62. The lowest BCUT2D eigenvalue weighted by molar-refractivity contribution is -0.136. The monoisotopic (exact) mass is 351 g/mol. The zero-order chi connectivity index (χ0) is 17.6. The molecule has 0 saturated heterocycles. The molecular formula is C19H14ClN3O2. The second-order valence-corrected chi connectivity index (χ2v) is 5.67. The van der Waals surface area contributed by atoms with Gasteiger partial charge in [0.2, 0.25) is 0 Å². The van der Waals surface area contributed by atoms with E-state index in [0.29, 0.717) is 10.7 Å². The first-order chi connectivity index (χ1) is 12.1. The molecule has 0 bridgehead atoms. The molecule has 0 heterocycles. The predicted octanol–water partition coefficient (Wildman–Crippen LogP) is 3.58. The summed E-state index contributed by atoms with van der Waals surface area (Å²) in [5.41, 5.74) is 3.49. The maximum Gasteiger partial charge on any atom is 0.329 e. The molecule has 5 nitrogen and oxygen atoms in total. The molecule has 25 heavy (non-hydrogen) atoms. The topological polar surface area (TPSA) is 70.6 Å². The fraction of sp³-hybridized carbons (Fsp3) is 0. The first kappa shape index (κ1) is 16.7. The highest BCUT2D eigenvalue weighted by atomic mass is 35.5. The van der Waals surface area contributed by atoms with Crippen molar-refractivity contribution in [3.8, 4) is 0 Å². The Labute approximate surface area is 149 Å². The molecule has 0 atom stereocenters. The number of halogens is 1. The minimum atomic E-state index is -0.864. The van der Waals surface area contributed by atoms with Gasteiger partial charge < -0.3 is 5.32 Å². The maximum absolute atomic E-state index is 11.8. The quantitative estimate of drug-likeness (QED) is 0.430. The number of carbonyl (C=O) groups excluding carboxylic acids is 2. The van der Waals surface area contributed by atoms with Gasteiger partial charge in [0.15, 0.2) is 0 Å². The summed E-state index contributed by atoms with van der Waals surface area (Å²) in [7, 11) is 0. The summed E-state index contributed by atoms with van der Waals surface area (Å²) >= 11 is 5.83. The van der Waals surface area contributed by atoms with Gasteiger partial charge in [0.25, 0.3) is 0 Å². The van der Waals surface area contributed by atoms with E-state index < -0.39 is 11.8 Å². The minimum Gasteiger partial charge on any atom is -0.318 e. The van der Waals surface area contributed by atoms with Gasteiger partial charge in [-0.25, -0.2) is 5.43 Å². The molecule has 2 N–H and O–H groups in total. The van der Waals surface area contributed by atoms with E-state index in [0.717, 1.165) is 16.3 Å². The molecule has 0 aliphatic heterocycles. The predicted molar refractivity (Wildman–Crippen MR) is 99.8 cm³/mol. The zero-order valence-electron chi connectivity index (χ0n) is 13.1. The Morgan fingerprint density at radius 1 is 0.920 bits per heavy atom. The van der Waals surface area contributed by atoms with Crippen LogP contribution < -0.4 is 10.7 Å². The number of anilines is 1. The molecule has 0 fully saturated rings. The summed E-state index contributed by atoms with van der Waals surface area (Å²) in [6.07, 6.45) is 1.51. The molecule has 3 aromatic rings. The molecule has 0 unspecified atom stereocenters. The number of carbonyl (C=O) groups is 2. The summed E-state index contributed by atoms with van der Waals surface area (Å²) in [6, 6.07) is 20.1. The molecule has 0 aromatic heterocycles. The van der Waals surface area contributed by atoms with Crippen molar-refractivity contribution < 1.29 is 9.59 Å². The van der Waals surface area contributed by atoms with Gasteiger partial charge in [0.1, 0.15) is 0 Å². The van der Waals surface area contributed by atoms with Gasteiger partial charge in [0.05, 0.1) is 6.21 Å². The third-order valence-electron chi connectivity index (χ3n) is 3.48. The van der Waals surface area contributed by atoms with E-state index in [9.17, 15) is 9.59 Å². The number of rotatable bonds is 3. The van der Waals surface area contributed by atoms with E-state index in [2.05, 4.69) is 15.8 Å². The molecule has 3 rings (SSSR count). The van der Waals surface area contributed by atoms with Gasteiger partial charge in [-0.2, -0.15) is 5.10 Å². The number of nitrogens with zero attached hydrogens (tertiary/aromatic N) is 1. The van der Waals surface area contributed by atoms with Crippen molar-refractivity contribution in [3.05, 3.63) is 77.3 Å². The fourth-order valence-corrected chi connectivity index (χ4v) is 2.52. The summed E-state index contributed by atoms with van der Waals surface area (Å²) in [5, 5.41) is 8.85. The van der Waals surface area contributed by atoms with Crippen molar-refractivity contribution in [2.45, 2.75) is 0 Å². The molecule has 0 aliphatic rings. The fourth-order valence-electron chi connectivity index (χ4n) is 2.33. The highest BCUT2D eigenvalue weighted by Gasteiger charge is 2.12. The first-order valence-corrected chi connectivity index (χ1v) is 7.89. The smallest absolute Gasteiger partial charge is 0.318 e. The van der Waals surface area contributed by atoms with Crippen LogP contribution in [0.4, 0.5) is 5.69 Å². The molecule has 0 spiro atoms. The van der Waals surface area contributed by atoms with E-state index in [1.807, 2.05) is 42.5 Å². The number of benzene rings is 3. The zero-order valence-corrected chi connectivity index (χ0v) is 13.8. The van der Waals surface area contributed by atoms with Crippen LogP contribution >= 0.6 is 11.6 Å². The molecular weight excluding hydrogens is 338 g/mol. The number of hydrazone groups is 1. The van der Waals surface area contributed by atoms with E-state index in [1.54, 1.807) is 24.3 Å². The van der Waals surface area contributed by atoms with Crippen LogP contribution in [0.25, 0.3) is 10.8 Å². The van der Waals surface area contributed by atoms with Crippen LogP contribution in [0.15, 0.2) is 71.8 Å². The molecule has 0 aliphatic carbocycles. The summed E-state index contributed by atoms with van der Waals surface area (Å²) < 4.78 is 0. The number of hydrogen-bond acceptors (Lipinski definition) is 3. The van der Waals surface area contributed by atoms with Crippen LogP contribution in [-0.4, -0.2) is 18.0 Å². The molecule has 3 aromatic carbocycles. The van der Waals surface area contributed by atoms with E-state index in [4.69, 9.17) is 11.6 Å². The van der Waals surface area contributed by atoms with E-state index in [-0.39, 0.29) is 0 Å². The first-order valence-electron chi connectivity index (χ1n) is 7.51. The van der Waals surface area contributed by atoms with Crippen molar-refractivity contribution in [2.75, 3.05) is 5.32 Å². The third kappa shape index (κ3) is 4.22. The summed E-state index contributed by atoms with van der Waals surface area (Å²) in [5.74, 6) is -1.69. The largest absolute Gasteiger partial charge is 0.329 e. The van der Waals surface area contributed by atoms with E-state index in [1.165, 1.54) is 6.21 Å². The number of nitrogens with one attached hydrogen (secondary N) is 2. The van der Waals surface area contributed by atoms with Gasteiger partial charge in [-0.05, 0) is 29.0 Å². The van der Waals surface area contributed by atoms with Crippen LogP contribution in [-0.2, 0) is 9.59 Å². The highest BCUT2D eigenvalue weighted by molar-refractivity contribution is 6.39. The molecule has 6 heteroatoms. The second kappa shape index (κ2) is 7.59. The molecule has 0 saturated carbocycles. The van der Waals surface area contributed by atoms with Crippen molar-refractivity contribution >= 4 is 46.1 Å². The average molecular weight is 352 g/mol. The minimum absolute atomic E-state index is 0.436. The SMILES string of the molecule is O=C(N/N=C/c1cccc2ccccc12)C(=O)Nc1cccc(Cl)c1. The van der Waals surface area contributed by atoms with Gasteiger partial charge in [-0.1, -0.05) is 60.1 Å². The van der Waals surface area contributed by atoms with Crippen molar-refractivity contribution in [1.29, 1.82) is 0 Å². The Bertz CT molecular complexity index is 964. The van der Waals surface area contributed by atoms with Gasteiger partial charge in [-0.15, -0.1) is 0 Å². The van der Waals surface area contributed by atoms with Gasteiger partial charge >= 0.3 is 11.8 Å². The molecule has 0 radical (unpaired) electrons. The Morgan fingerprint density at radius 3 is 2.52 bits per heavy atom. The highest BCUT2D eigenvalue weighted by Crippen LogP contribution is 2.17. The van der Waals surface area contributed by atoms with Crippen LogP contribution in [0.1, 0.15) is 5.56 Å². The van der Waals surface area contributed by atoms with Gasteiger partial charge in [-0.3, -0.25) is 9.59 Å². The van der Waals surface area contributed by atoms with Crippen molar-refractivity contribution in [3.63, 3.8) is 0 Å². The molecule has 124 valence electrons. The van der Waals surface area contributed by atoms with Crippen molar-refractivity contribution in [1.82, 2.24) is 5.43 Å². The lowest BCUT2D eigenvalue weighted by Gasteiger charge is -2.04. The van der Waals surface area contributed by atoms with Crippen LogP contribution in [0, 0.1) is 0 Å². The Morgan fingerprint density at radius 2 is 1.68 bits per heavy atom. The number of amides is 2. The van der Waals surface area contributed by atoms with Crippen molar-refractivity contribution in [2.24, 2.45) is 5.10 Å². The second-order valence-electron chi connectivity index (χ2n) is 5.23. The normalized spacial score (nSPS) is 10.8. The Kier molecular flexibility index (Phi) is 5.06. The summed E-state index contributed by atoms with van der Waals surface area (Å²) in [4.78, 5) is 23.7. The van der Waals surface area contributed by atoms with Crippen LogP contribution in [0.2, 0.25) is 5.02 Å². The maximum atomic E-state index is 11.8. The number of hydrogen-bond donors (Lipinski definition) is 2. The standard InChI is InChI=1S/C19H14ClN3O2/c20-15-8-4-9-16(11-15)22-18(24)19(25)23-21-12-14-7-3-6-13-5-1-2-10-17(13)14/h1-12H,(H,22,24)(H,23,25)/b21-12+. The lowest BCUT2D eigenvalue weighted by atomic mass is 10.1.